The second kappa shape index (κ2) is 2.34. The molecule has 0 aliphatic heterocycles. The minimum atomic E-state index is -0.557. The Morgan fingerprint density at radius 1 is 1.50 bits per heavy atom. The third-order valence-electron chi connectivity index (χ3n) is 1.50. The number of hydrogen-bond donors (Lipinski definition) is 1. The number of aromatic hydroxyl groups is 1. The van der Waals surface area contributed by atoms with Gasteiger partial charge in [0.05, 0.1) is 5.56 Å². The van der Waals surface area contributed by atoms with E-state index >= 15 is 0 Å². The minimum absolute atomic E-state index is 0.217. The van der Waals surface area contributed by atoms with Crippen molar-refractivity contribution in [1.29, 1.82) is 0 Å². The maximum Gasteiger partial charge on any atom is 0.138 e. The van der Waals surface area contributed by atoms with Crippen molar-refractivity contribution in [3.05, 3.63) is 40.8 Å². The molecule has 0 aliphatic rings. The Labute approximate surface area is 67.7 Å². The third-order valence-corrected chi connectivity index (χ3v) is 1.50. The summed E-state index contributed by atoms with van der Waals surface area (Å²) in [7, 11) is 0. The van der Waals surface area contributed by atoms with Crippen molar-refractivity contribution in [3.63, 3.8) is 0 Å². The maximum atomic E-state index is 10.8. The van der Waals surface area contributed by atoms with Gasteiger partial charge in [0.2, 0.25) is 0 Å². The summed E-state index contributed by atoms with van der Waals surface area (Å²) in [6, 6.07) is 7.27. The Morgan fingerprint density at radius 3 is 3.17 bits per heavy atom. The van der Waals surface area contributed by atoms with Gasteiger partial charge < -0.3 is 20.4 Å². The first-order chi connectivity index (χ1) is 5.77. The van der Waals surface area contributed by atoms with Crippen LogP contribution in [0.3, 0.4) is 0 Å². The lowest BCUT2D eigenvalue weighted by Gasteiger charge is -2.08. The Hall–Kier alpha value is -1.84. The monoisotopic (exact) mass is 161 g/mol. The van der Waals surface area contributed by atoms with E-state index in [4.69, 9.17) is 0 Å². The first-order valence-electron chi connectivity index (χ1n) is 3.37. The van der Waals surface area contributed by atoms with Crippen molar-refractivity contribution in [3.8, 4) is 5.88 Å². The van der Waals surface area contributed by atoms with Gasteiger partial charge in [0.25, 0.3) is 0 Å². The average Bonchev–Trinajstić information content (AvgIpc) is 2.04. The summed E-state index contributed by atoms with van der Waals surface area (Å²) in [5.41, 5.74) is -0.141. The molecule has 60 valence electrons. The van der Waals surface area contributed by atoms with E-state index in [1.807, 2.05) is 0 Å². The molecule has 0 amide bonds. The van der Waals surface area contributed by atoms with E-state index < -0.39 is 5.56 Å². The van der Waals surface area contributed by atoms with Crippen LogP contribution in [-0.4, -0.2) is 14.5 Å². The highest BCUT2D eigenvalue weighted by molar-refractivity contribution is 5.39. The average molecular weight is 161 g/mol. The summed E-state index contributed by atoms with van der Waals surface area (Å²) >= 11 is 0. The van der Waals surface area contributed by atoms with E-state index in [-0.39, 0.29) is 5.88 Å². The molecular formula is C8H5N2O2-. The number of rotatable bonds is 0. The second-order valence-corrected chi connectivity index (χ2v) is 2.29. The molecule has 0 saturated carbocycles. The van der Waals surface area contributed by atoms with Crippen LogP contribution in [0.1, 0.15) is 0 Å². The smallest absolute Gasteiger partial charge is 0.138 e. The highest BCUT2D eigenvalue weighted by Gasteiger charge is 1.88. The minimum Gasteiger partial charge on any atom is -0.528 e. The van der Waals surface area contributed by atoms with Gasteiger partial charge in [-0.1, -0.05) is 6.07 Å². The van der Waals surface area contributed by atoms with Crippen LogP contribution in [-0.2, 0) is 0 Å². The van der Waals surface area contributed by atoms with Gasteiger partial charge in [0.1, 0.15) is 5.65 Å². The largest absolute Gasteiger partial charge is 0.528 e. The fraction of sp³-hybridized carbons (Fsp3) is 0. The van der Waals surface area contributed by atoms with Crippen LogP contribution < -0.4 is 5.56 Å². The number of pyridine rings is 1. The molecule has 1 N–H and O–H groups in total. The second-order valence-electron chi connectivity index (χ2n) is 2.29. The van der Waals surface area contributed by atoms with Crippen molar-refractivity contribution < 1.29 is 5.11 Å². The number of nitrogens with zero attached hydrogens (tertiary/aromatic N) is 2. The summed E-state index contributed by atoms with van der Waals surface area (Å²) in [5.74, 6) is -0.217. The van der Waals surface area contributed by atoms with Crippen LogP contribution in [0.15, 0.2) is 29.2 Å². The van der Waals surface area contributed by atoms with Crippen LogP contribution in [0.5, 0.6) is 5.88 Å². The fourth-order valence-corrected chi connectivity index (χ4v) is 0.992. The molecule has 2 aromatic heterocycles. The highest BCUT2D eigenvalue weighted by Crippen LogP contribution is 2.05. The molecule has 0 fully saturated rings. The molecule has 0 atom stereocenters. The van der Waals surface area contributed by atoms with Gasteiger partial charge in [0.15, 0.2) is 0 Å². The lowest BCUT2D eigenvalue weighted by Crippen LogP contribution is -2.07. The van der Waals surface area contributed by atoms with Crippen molar-refractivity contribution in [2.45, 2.75) is 0 Å². The van der Waals surface area contributed by atoms with Gasteiger partial charge in [-0.2, -0.15) is 0 Å². The zero-order chi connectivity index (χ0) is 8.55. The zero-order valence-corrected chi connectivity index (χ0v) is 6.06. The van der Waals surface area contributed by atoms with Crippen LogP contribution in [0.4, 0.5) is 0 Å². The van der Waals surface area contributed by atoms with E-state index in [0.29, 0.717) is 5.65 Å². The van der Waals surface area contributed by atoms with Gasteiger partial charge in [-0.25, -0.2) is 4.98 Å². The molecule has 0 unspecified atom stereocenters. The summed E-state index contributed by atoms with van der Waals surface area (Å²) < 4.78 is 1.38. The third kappa shape index (κ3) is 0.934. The lowest BCUT2D eigenvalue weighted by atomic mass is 10.4. The molecule has 0 aromatic carbocycles. The van der Waals surface area contributed by atoms with E-state index in [1.54, 1.807) is 24.4 Å². The Morgan fingerprint density at radius 2 is 2.33 bits per heavy atom. The Balaban J connectivity index is 2.99. The molecule has 4 nitrogen and oxygen atoms in total. The van der Waals surface area contributed by atoms with Gasteiger partial charge in [-0.15, -0.1) is 0 Å². The van der Waals surface area contributed by atoms with Crippen LogP contribution in [0.2, 0.25) is 0 Å². The quantitative estimate of drug-likeness (QED) is 0.561. The van der Waals surface area contributed by atoms with E-state index in [9.17, 15) is 9.90 Å². The summed E-state index contributed by atoms with van der Waals surface area (Å²) in [4.78, 5) is 14.4. The first-order valence-corrected chi connectivity index (χ1v) is 3.37. The van der Waals surface area contributed by atoms with Crippen molar-refractivity contribution in [2.75, 3.05) is 0 Å². The van der Waals surface area contributed by atoms with Crippen LogP contribution in [0, 0.1) is 6.07 Å². The number of fused-ring (bicyclic) bond motifs is 1. The SMILES string of the molecule is O=c1[c-]c(O)n2ccccc2n1. The van der Waals surface area contributed by atoms with Crippen molar-refractivity contribution in [1.82, 2.24) is 9.38 Å². The standard InChI is InChI=1S/C8H5N2O2/c11-7-5-8(12)10-4-2-1-3-6(10)9-7/h1-4,12H/q-1. The highest BCUT2D eigenvalue weighted by atomic mass is 16.3. The Bertz CT molecular complexity index is 476. The van der Waals surface area contributed by atoms with Gasteiger partial charge in [-0.3, -0.25) is 0 Å². The first kappa shape index (κ1) is 6.84. The molecule has 2 heterocycles. The van der Waals surface area contributed by atoms with Crippen molar-refractivity contribution >= 4 is 5.65 Å². The van der Waals surface area contributed by atoms with Gasteiger partial charge in [0, 0.05) is 12.1 Å². The maximum absolute atomic E-state index is 10.8. The molecular weight excluding hydrogens is 156 g/mol. The normalized spacial score (nSPS) is 10.3. The zero-order valence-electron chi connectivity index (χ0n) is 6.06. The molecule has 12 heavy (non-hydrogen) atoms. The molecule has 2 rings (SSSR count). The predicted octanol–water partition coefficient (Wildman–Crippen LogP) is 0.200. The van der Waals surface area contributed by atoms with E-state index in [0.717, 1.165) is 0 Å². The molecule has 0 radical (unpaired) electrons. The summed E-state index contributed by atoms with van der Waals surface area (Å²) in [6.45, 7) is 0. The van der Waals surface area contributed by atoms with Gasteiger partial charge >= 0.3 is 0 Å². The summed E-state index contributed by atoms with van der Waals surface area (Å²) in [6.07, 6.45) is 1.60. The topological polar surface area (TPSA) is 54.6 Å². The molecule has 0 spiro atoms. The van der Waals surface area contributed by atoms with E-state index in [1.165, 1.54) is 4.40 Å². The molecule has 2 aromatic rings. The fourth-order valence-electron chi connectivity index (χ4n) is 0.992. The Kier molecular flexibility index (Phi) is 1.33. The van der Waals surface area contributed by atoms with Crippen LogP contribution in [0.25, 0.3) is 5.65 Å². The predicted molar refractivity (Wildman–Crippen MR) is 42.0 cm³/mol. The lowest BCUT2D eigenvalue weighted by molar-refractivity contribution is 0.442. The molecule has 0 bridgehead atoms. The molecule has 4 heteroatoms. The van der Waals surface area contributed by atoms with E-state index in [2.05, 4.69) is 11.1 Å². The molecule has 0 saturated heterocycles. The van der Waals surface area contributed by atoms with Crippen molar-refractivity contribution in [2.24, 2.45) is 0 Å². The number of hydrogen-bond acceptors (Lipinski definition) is 3. The number of aromatic nitrogens is 2. The van der Waals surface area contributed by atoms with Gasteiger partial charge in [-0.05, 0) is 12.1 Å². The summed E-state index contributed by atoms with van der Waals surface area (Å²) in [5, 5.41) is 9.22. The molecule has 0 aliphatic carbocycles. The van der Waals surface area contributed by atoms with Crippen LogP contribution >= 0.6 is 0 Å².